The summed E-state index contributed by atoms with van der Waals surface area (Å²) in [5.41, 5.74) is -0.0395. The van der Waals surface area contributed by atoms with Crippen LogP contribution in [0.5, 0.6) is 0 Å². The van der Waals surface area contributed by atoms with E-state index in [1.54, 1.807) is 5.32 Å². The quantitative estimate of drug-likeness (QED) is 0.429. The van der Waals surface area contributed by atoms with E-state index in [4.69, 9.17) is 14.2 Å². The monoisotopic (exact) mass is 436 g/mol. The van der Waals surface area contributed by atoms with E-state index in [0.29, 0.717) is 0 Å². The molecule has 30 heavy (non-hydrogen) atoms. The zero-order chi connectivity index (χ0) is 23.1. The van der Waals surface area contributed by atoms with Gasteiger partial charge < -0.3 is 24.8 Å². The number of alkyl halides is 3. The third-order valence-electron chi connectivity index (χ3n) is 3.82. The van der Waals surface area contributed by atoms with Crippen LogP contribution >= 0.6 is 0 Å². The number of esters is 3. The SMILES string of the molecule is CCOC(=O)C1=C(C)NC(C)=C(C(=O)OCC)C1C(=O)OCC(=O)NCC(F)(F)F. The number of nitrogens with one attached hydrogen (secondary N) is 2. The van der Waals surface area contributed by atoms with Crippen molar-refractivity contribution in [2.75, 3.05) is 26.4 Å². The van der Waals surface area contributed by atoms with Gasteiger partial charge in [-0.1, -0.05) is 0 Å². The van der Waals surface area contributed by atoms with Gasteiger partial charge in [0.25, 0.3) is 5.91 Å². The Morgan fingerprint density at radius 3 is 1.80 bits per heavy atom. The maximum atomic E-state index is 12.7. The van der Waals surface area contributed by atoms with E-state index in [1.165, 1.54) is 27.7 Å². The molecule has 1 aliphatic heterocycles. The van der Waals surface area contributed by atoms with Gasteiger partial charge in [0.1, 0.15) is 12.5 Å². The summed E-state index contributed by atoms with van der Waals surface area (Å²) in [6, 6.07) is 0. The lowest BCUT2D eigenvalue weighted by molar-refractivity contribution is -0.155. The summed E-state index contributed by atoms with van der Waals surface area (Å²) in [5, 5.41) is 4.34. The van der Waals surface area contributed by atoms with Crippen LogP contribution in [0.1, 0.15) is 27.7 Å². The maximum Gasteiger partial charge on any atom is 0.405 e. The van der Waals surface area contributed by atoms with Crippen molar-refractivity contribution >= 4 is 23.8 Å². The number of amides is 1. The molecule has 0 radical (unpaired) electrons. The van der Waals surface area contributed by atoms with E-state index < -0.39 is 49.1 Å². The van der Waals surface area contributed by atoms with E-state index in [9.17, 15) is 32.3 Å². The molecule has 0 saturated carbocycles. The molecule has 0 aliphatic carbocycles. The van der Waals surface area contributed by atoms with Gasteiger partial charge in [-0.2, -0.15) is 13.2 Å². The summed E-state index contributed by atoms with van der Waals surface area (Å²) < 4.78 is 51.2. The summed E-state index contributed by atoms with van der Waals surface area (Å²) in [6.45, 7) is 3.33. The second-order valence-electron chi connectivity index (χ2n) is 6.08. The maximum absolute atomic E-state index is 12.7. The average Bonchev–Trinajstić information content (AvgIpc) is 2.63. The molecule has 0 fully saturated rings. The number of hydrogen-bond donors (Lipinski definition) is 2. The van der Waals surface area contributed by atoms with Crippen LogP contribution < -0.4 is 10.6 Å². The third-order valence-corrected chi connectivity index (χ3v) is 3.82. The molecule has 0 spiro atoms. The summed E-state index contributed by atoms with van der Waals surface area (Å²) in [6.07, 6.45) is -4.64. The van der Waals surface area contributed by atoms with Crippen LogP contribution in [0.2, 0.25) is 0 Å². The lowest BCUT2D eigenvalue weighted by atomic mass is 9.85. The lowest BCUT2D eigenvalue weighted by Gasteiger charge is -2.28. The zero-order valence-electron chi connectivity index (χ0n) is 16.9. The smallest absolute Gasteiger partial charge is 0.405 e. The molecular formula is C18H23F3N2O7. The average molecular weight is 436 g/mol. The van der Waals surface area contributed by atoms with E-state index >= 15 is 0 Å². The minimum atomic E-state index is -4.64. The first-order valence-corrected chi connectivity index (χ1v) is 8.95. The Bertz CT molecular complexity index is 732. The van der Waals surface area contributed by atoms with Crippen molar-refractivity contribution in [3.8, 4) is 0 Å². The fourth-order valence-electron chi connectivity index (χ4n) is 2.66. The first kappa shape index (κ1) is 25.0. The van der Waals surface area contributed by atoms with Crippen LogP contribution in [-0.2, 0) is 33.4 Å². The molecule has 0 aromatic heterocycles. The first-order chi connectivity index (χ1) is 13.9. The number of rotatable bonds is 8. The fourth-order valence-corrected chi connectivity index (χ4v) is 2.66. The van der Waals surface area contributed by atoms with Gasteiger partial charge >= 0.3 is 24.1 Å². The number of halogens is 3. The standard InChI is InChI=1S/C18H23F3N2O7/c1-5-28-15(25)12-9(3)23-10(4)13(16(26)29-6-2)14(12)17(27)30-7-11(24)22-8-18(19,20)21/h14,23H,5-8H2,1-4H3,(H,22,24). The number of hydrogen-bond acceptors (Lipinski definition) is 8. The molecule has 1 heterocycles. The molecule has 1 amide bonds. The number of carbonyl (C=O) groups excluding carboxylic acids is 4. The molecular weight excluding hydrogens is 413 g/mol. The van der Waals surface area contributed by atoms with Crippen LogP contribution in [-0.4, -0.2) is 56.4 Å². The topological polar surface area (TPSA) is 120 Å². The minimum Gasteiger partial charge on any atom is -0.463 e. The number of allylic oxidation sites excluding steroid dienone is 2. The molecule has 0 aromatic rings. The van der Waals surface area contributed by atoms with Crippen LogP contribution in [0.4, 0.5) is 13.2 Å². The number of ether oxygens (including phenoxy) is 3. The van der Waals surface area contributed by atoms with Crippen molar-refractivity contribution in [3.05, 3.63) is 22.5 Å². The molecule has 0 atom stereocenters. The molecule has 9 nitrogen and oxygen atoms in total. The minimum absolute atomic E-state index is 0.0192. The number of dihydropyridines is 1. The molecule has 168 valence electrons. The van der Waals surface area contributed by atoms with E-state index in [-0.39, 0.29) is 35.8 Å². The molecule has 2 N–H and O–H groups in total. The highest BCUT2D eigenvalue weighted by atomic mass is 19.4. The van der Waals surface area contributed by atoms with Gasteiger partial charge in [-0.05, 0) is 27.7 Å². The Balaban J connectivity index is 3.14. The highest BCUT2D eigenvalue weighted by molar-refractivity contribution is 6.05. The first-order valence-electron chi connectivity index (χ1n) is 8.95. The Morgan fingerprint density at radius 2 is 1.40 bits per heavy atom. The van der Waals surface area contributed by atoms with E-state index in [0.717, 1.165) is 0 Å². The Labute approximate surface area is 170 Å². The van der Waals surface area contributed by atoms with Gasteiger partial charge in [-0.3, -0.25) is 9.59 Å². The zero-order valence-corrected chi connectivity index (χ0v) is 16.9. The molecule has 0 unspecified atom stereocenters. The van der Waals surface area contributed by atoms with Gasteiger partial charge in [0, 0.05) is 11.4 Å². The molecule has 0 bridgehead atoms. The Morgan fingerprint density at radius 1 is 0.933 bits per heavy atom. The highest BCUT2D eigenvalue weighted by Crippen LogP contribution is 2.32. The largest absolute Gasteiger partial charge is 0.463 e. The Hall–Kier alpha value is -3.05. The predicted molar refractivity (Wildman–Crippen MR) is 95.3 cm³/mol. The summed E-state index contributed by atoms with van der Waals surface area (Å²) >= 11 is 0. The summed E-state index contributed by atoms with van der Waals surface area (Å²) in [7, 11) is 0. The van der Waals surface area contributed by atoms with Gasteiger partial charge in [-0.15, -0.1) is 0 Å². The molecule has 0 aromatic carbocycles. The fraction of sp³-hybridized carbons (Fsp3) is 0.556. The van der Waals surface area contributed by atoms with Crippen molar-refractivity contribution in [2.45, 2.75) is 33.9 Å². The molecule has 12 heteroatoms. The predicted octanol–water partition coefficient (Wildman–Crippen LogP) is 1.10. The Kier molecular flexibility index (Phi) is 8.87. The van der Waals surface area contributed by atoms with Crippen LogP contribution in [0.25, 0.3) is 0 Å². The second-order valence-corrected chi connectivity index (χ2v) is 6.08. The van der Waals surface area contributed by atoms with Gasteiger partial charge in [-0.25, -0.2) is 9.59 Å². The van der Waals surface area contributed by atoms with E-state index in [1.807, 2.05) is 0 Å². The van der Waals surface area contributed by atoms with Crippen LogP contribution in [0.15, 0.2) is 22.5 Å². The summed E-state index contributed by atoms with van der Waals surface area (Å²) in [4.78, 5) is 49.0. The van der Waals surface area contributed by atoms with Crippen LogP contribution in [0.3, 0.4) is 0 Å². The lowest BCUT2D eigenvalue weighted by Crippen LogP contribution is -2.40. The normalized spacial score (nSPS) is 14.8. The van der Waals surface area contributed by atoms with Crippen molar-refractivity contribution in [1.82, 2.24) is 10.6 Å². The van der Waals surface area contributed by atoms with Crippen LogP contribution in [0, 0.1) is 5.92 Å². The van der Waals surface area contributed by atoms with Gasteiger partial charge in [0.05, 0.1) is 24.4 Å². The molecule has 1 aliphatic rings. The van der Waals surface area contributed by atoms with Crippen molar-refractivity contribution in [3.63, 3.8) is 0 Å². The van der Waals surface area contributed by atoms with Gasteiger partial charge in [0.2, 0.25) is 0 Å². The second kappa shape index (κ2) is 10.6. The molecule has 0 saturated heterocycles. The molecule has 1 rings (SSSR count). The van der Waals surface area contributed by atoms with Gasteiger partial charge in [0.15, 0.2) is 6.61 Å². The van der Waals surface area contributed by atoms with Crippen molar-refractivity contribution in [2.24, 2.45) is 5.92 Å². The van der Waals surface area contributed by atoms with Crippen molar-refractivity contribution < 1.29 is 46.6 Å². The van der Waals surface area contributed by atoms with Crippen molar-refractivity contribution in [1.29, 1.82) is 0 Å². The summed E-state index contributed by atoms with van der Waals surface area (Å²) in [5.74, 6) is -5.78. The van der Waals surface area contributed by atoms with E-state index in [2.05, 4.69) is 5.32 Å². The number of carbonyl (C=O) groups is 4. The highest BCUT2D eigenvalue weighted by Gasteiger charge is 2.42. The third kappa shape index (κ3) is 6.78.